The van der Waals surface area contributed by atoms with Crippen LogP contribution < -0.4 is 4.68 Å². The van der Waals surface area contributed by atoms with E-state index in [1.54, 1.807) is 53.4 Å². The van der Waals surface area contributed by atoms with Gasteiger partial charge in [0.25, 0.3) is 0 Å². The third-order valence-corrected chi connectivity index (χ3v) is 5.37. The third-order valence-electron chi connectivity index (χ3n) is 5.37. The molecule has 2 N–H and O–H groups in total. The van der Waals surface area contributed by atoms with E-state index in [0.29, 0.717) is 24.2 Å². The second kappa shape index (κ2) is 8.59. The van der Waals surface area contributed by atoms with E-state index in [1.165, 1.54) is 0 Å². The molecule has 0 saturated heterocycles. The molecular formula is C23H23F2N4O2+. The number of urea groups is 1. The normalized spacial score (nSPS) is 15.8. The quantitative estimate of drug-likeness (QED) is 0.615. The molecule has 0 aliphatic carbocycles. The number of hydrogen-bond acceptors (Lipinski definition) is 2. The number of aromatic amines is 1. The van der Waals surface area contributed by atoms with E-state index in [1.807, 2.05) is 16.9 Å². The number of hydrogen-bond donors (Lipinski definition) is 2. The predicted octanol–water partition coefficient (Wildman–Crippen LogP) is 3.48. The van der Waals surface area contributed by atoms with Gasteiger partial charge in [0.05, 0.1) is 18.8 Å². The molecule has 1 aliphatic heterocycles. The first-order chi connectivity index (χ1) is 14.9. The summed E-state index contributed by atoms with van der Waals surface area (Å²) < 4.78 is 30.0. The second-order valence-corrected chi connectivity index (χ2v) is 7.52. The first-order valence-corrected chi connectivity index (χ1v) is 9.92. The van der Waals surface area contributed by atoms with Gasteiger partial charge in [-0.05, 0) is 41.5 Å². The maximum absolute atomic E-state index is 14.4. The molecule has 1 aromatic heterocycles. The van der Waals surface area contributed by atoms with Crippen LogP contribution in [0.15, 0.2) is 67.0 Å². The smallest absolute Gasteiger partial charge is 0.321 e. The Morgan fingerprint density at radius 1 is 1.26 bits per heavy atom. The molecule has 0 fully saturated rings. The van der Waals surface area contributed by atoms with Crippen molar-refractivity contribution in [1.29, 1.82) is 0 Å². The van der Waals surface area contributed by atoms with Crippen LogP contribution in [0.4, 0.5) is 13.6 Å². The fourth-order valence-electron chi connectivity index (χ4n) is 3.75. The van der Waals surface area contributed by atoms with Gasteiger partial charge in [0.2, 0.25) is 0 Å². The molecule has 2 heterocycles. The first kappa shape index (κ1) is 20.6. The van der Waals surface area contributed by atoms with Crippen LogP contribution >= 0.6 is 0 Å². The Bertz CT molecular complexity index is 1110. The maximum atomic E-state index is 14.4. The van der Waals surface area contributed by atoms with Crippen molar-refractivity contribution in [2.75, 3.05) is 20.1 Å². The van der Waals surface area contributed by atoms with Crippen LogP contribution in [0.3, 0.4) is 0 Å². The number of likely N-dealkylation sites (N-methyl/N-ethyl adjacent to an activating group) is 1. The van der Waals surface area contributed by atoms with Crippen LogP contribution in [0.5, 0.6) is 5.75 Å². The van der Waals surface area contributed by atoms with E-state index >= 15 is 0 Å². The number of nitrogens with one attached hydrogen (secondary N) is 1. The highest BCUT2D eigenvalue weighted by Crippen LogP contribution is 2.37. The summed E-state index contributed by atoms with van der Waals surface area (Å²) in [7, 11) is 1.70. The zero-order chi connectivity index (χ0) is 22.0. The Balaban J connectivity index is 1.62. The summed E-state index contributed by atoms with van der Waals surface area (Å²) in [5.74, 6) is -1.02. The van der Waals surface area contributed by atoms with Gasteiger partial charge < -0.3 is 14.9 Å². The number of halogens is 2. The van der Waals surface area contributed by atoms with Gasteiger partial charge >= 0.3 is 6.03 Å². The lowest BCUT2D eigenvalue weighted by Crippen LogP contribution is -2.46. The summed E-state index contributed by atoms with van der Waals surface area (Å²) >= 11 is 0. The third kappa shape index (κ3) is 4.42. The maximum Gasteiger partial charge on any atom is 0.321 e. The molecule has 0 saturated carbocycles. The molecular weight excluding hydrogens is 402 g/mol. The average molecular weight is 425 g/mol. The van der Waals surface area contributed by atoms with Gasteiger partial charge in [-0.1, -0.05) is 18.2 Å². The monoisotopic (exact) mass is 425 g/mol. The molecule has 1 aliphatic rings. The molecule has 1 unspecified atom stereocenters. The largest absolute Gasteiger partial charge is 0.508 e. The number of nitrogens with zero attached hydrogens (tertiary/aromatic N) is 3. The summed E-state index contributed by atoms with van der Waals surface area (Å²) in [6, 6.07) is 11.0. The zero-order valence-electron chi connectivity index (χ0n) is 17.0. The van der Waals surface area contributed by atoms with Gasteiger partial charge in [-0.3, -0.25) is 0 Å². The fourth-order valence-corrected chi connectivity index (χ4v) is 3.75. The summed E-state index contributed by atoms with van der Waals surface area (Å²) in [6.07, 6.45) is 5.41. The molecule has 3 aromatic rings. The summed E-state index contributed by atoms with van der Waals surface area (Å²) in [5, 5.41) is 12.9. The van der Waals surface area contributed by atoms with E-state index in [-0.39, 0.29) is 23.9 Å². The predicted molar refractivity (Wildman–Crippen MR) is 111 cm³/mol. The van der Waals surface area contributed by atoms with Gasteiger partial charge in [0, 0.05) is 25.2 Å². The Morgan fingerprint density at radius 3 is 2.84 bits per heavy atom. The van der Waals surface area contributed by atoms with Crippen LogP contribution in [0, 0.1) is 11.6 Å². The van der Waals surface area contributed by atoms with Crippen molar-refractivity contribution in [2.24, 2.45) is 0 Å². The van der Waals surface area contributed by atoms with Gasteiger partial charge in [-0.15, -0.1) is 4.68 Å². The summed E-state index contributed by atoms with van der Waals surface area (Å²) in [6.45, 7) is 1.16. The average Bonchev–Trinajstić information content (AvgIpc) is 3.43. The number of phenolic OH excluding ortho intramolecular Hbond substituents is 1. The lowest BCUT2D eigenvalue weighted by atomic mass is 10.0. The van der Waals surface area contributed by atoms with Crippen molar-refractivity contribution in [3.05, 3.63) is 89.8 Å². The molecule has 0 spiro atoms. The number of carbonyl (C=O) groups is 1. The molecule has 8 heteroatoms. The van der Waals surface area contributed by atoms with Crippen molar-refractivity contribution >= 4 is 11.6 Å². The standard InChI is InChI=1S/C23H22F2N4O2/c1-27(10-11-28-9-3-8-26-28)23(31)29-15-17(20-14-18(24)6-7-21(20)25)13-22(29)16-4-2-5-19(30)12-16/h2-9,12-14,22,30H,10-11,15H2,1H3/p+1. The fraction of sp³-hybridized carbons (Fsp3) is 0.217. The molecule has 6 nitrogen and oxygen atoms in total. The number of aromatic nitrogens is 2. The lowest BCUT2D eigenvalue weighted by Gasteiger charge is -2.29. The molecule has 2 amide bonds. The Hall–Kier alpha value is -3.68. The molecule has 1 atom stereocenters. The number of aromatic hydroxyl groups is 1. The SMILES string of the molecule is CN(CC[n+]1ccc[nH]1)C(=O)N1CC(c2cc(F)ccc2F)=CC1c1cccc(O)c1. The Morgan fingerprint density at radius 2 is 2.10 bits per heavy atom. The first-order valence-electron chi connectivity index (χ1n) is 9.92. The molecule has 2 aromatic carbocycles. The van der Waals surface area contributed by atoms with Crippen LogP contribution in [0.2, 0.25) is 0 Å². The number of amides is 2. The number of carbonyl (C=O) groups excluding carboxylic acids is 1. The topological polar surface area (TPSA) is 63.5 Å². The Labute approximate surface area is 178 Å². The highest BCUT2D eigenvalue weighted by Gasteiger charge is 2.33. The Kier molecular flexibility index (Phi) is 5.70. The van der Waals surface area contributed by atoms with Crippen LogP contribution in [-0.2, 0) is 6.54 Å². The molecule has 4 rings (SSSR count). The minimum absolute atomic E-state index is 0.0696. The molecule has 160 valence electrons. The van der Waals surface area contributed by atoms with E-state index in [4.69, 9.17) is 0 Å². The van der Waals surface area contributed by atoms with Crippen molar-refractivity contribution in [2.45, 2.75) is 12.6 Å². The summed E-state index contributed by atoms with van der Waals surface area (Å²) in [4.78, 5) is 16.4. The van der Waals surface area contributed by atoms with Crippen molar-refractivity contribution in [3.63, 3.8) is 0 Å². The number of phenols is 1. The van der Waals surface area contributed by atoms with Gasteiger partial charge in [-0.25, -0.2) is 13.6 Å². The number of H-pyrrole nitrogens is 1. The number of benzene rings is 2. The van der Waals surface area contributed by atoms with Crippen LogP contribution in [-0.4, -0.2) is 46.2 Å². The van der Waals surface area contributed by atoms with Crippen molar-refractivity contribution in [3.8, 4) is 5.75 Å². The van der Waals surface area contributed by atoms with Crippen molar-refractivity contribution in [1.82, 2.24) is 14.9 Å². The van der Waals surface area contributed by atoms with Gasteiger partial charge in [0.15, 0.2) is 12.7 Å². The number of rotatable bonds is 5. The summed E-state index contributed by atoms with van der Waals surface area (Å²) in [5.41, 5.74) is 1.34. The van der Waals surface area contributed by atoms with E-state index < -0.39 is 17.7 Å². The second-order valence-electron chi connectivity index (χ2n) is 7.52. The minimum Gasteiger partial charge on any atom is -0.508 e. The van der Waals surface area contributed by atoms with Gasteiger partial charge in [-0.2, -0.15) is 5.10 Å². The van der Waals surface area contributed by atoms with Gasteiger partial charge in [0.1, 0.15) is 17.4 Å². The molecule has 31 heavy (non-hydrogen) atoms. The lowest BCUT2D eigenvalue weighted by molar-refractivity contribution is -0.749. The van der Waals surface area contributed by atoms with Crippen LogP contribution in [0.1, 0.15) is 17.2 Å². The van der Waals surface area contributed by atoms with E-state index in [2.05, 4.69) is 5.10 Å². The molecule has 0 radical (unpaired) electrons. The molecule has 0 bridgehead atoms. The van der Waals surface area contributed by atoms with E-state index in [0.717, 1.165) is 18.2 Å². The minimum atomic E-state index is -0.548. The zero-order valence-corrected chi connectivity index (χ0v) is 17.0. The van der Waals surface area contributed by atoms with Crippen LogP contribution in [0.25, 0.3) is 5.57 Å². The highest BCUT2D eigenvalue weighted by atomic mass is 19.1. The van der Waals surface area contributed by atoms with E-state index in [9.17, 15) is 18.7 Å². The highest BCUT2D eigenvalue weighted by molar-refractivity contribution is 5.82. The van der Waals surface area contributed by atoms with Crippen molar-refractivity contribution < 1.29 is 23.4 Å².